The lowest BCUT2D eigenvalue weighted by Crippen LogP contribution is -2.27. The van der Waals surface area contributed by atoms with Gasteiger partial charge in [-0.15, -0.1) is 5.10 Å². The summed E-state index contributed by atoms with van der Waals surface area (Å²) in [6.45, 7) is 0.125. The molecule has 0 saturated heterocycles. The molecule has 4 rings (SSSR count). The van der Waals surface area contributed by atoms with Crippen LogP contribution in [0.5, 0.6) is 5.75 Å². The van der Waals surface area contributed by atoms with E-state index in [2.05, 4.69) is 15.4 Å². The maximum absolute atomic E-state index is 15.5. The van der Waals surface area contributed by atoms with Crippen LogP contribution >= 0.6 is 11.6 Å². The van der Waals surface area contributed by atoms with Crippen LogP contribution in [0, 0.1) is 5.82 Å². The number of aliphatic hydroxyl groups excluding tert-OH is 1. The van der Waals surface area contributed by atoms with Crippen LogP contribution in [0.4, 0.5) is 10.3 Å². The van der Waals surface area contributed by atoms with Crippen molar-refractivity contribution < 1.29 is 19.0 Å². The van der Waals surface area contributed by atoms with E-state index in [0.29, 0.717) is 21.8 Å². The van der Waals surface area contributed by atoms with Crippen LogP contribution in [-0.4, -0.2) is 39.3 Å². The number of anilines is 1. The number of pyridine rings is 1. The van der Waals surface area contributed by atoms with Gasteiger partial charge < -0.3 is 20.9 Å². The molecule has 4 aromatic rings. The van der Waals surface area contributed by atoms with Crippen molar-refractivity contribution in [2.45, 2.75) is 12.5 Å². The Morgan fingerprint density at radius 2 is 2.03 bits per heavy atom. The fraction of sp³-hybridized carbons (Fsp3) is 0.174. The summed E-state index contributed by atoms with van der Waals surface area (Å²) in [6, 6.07) is 13.1. The molecule has 0 aliphatic heterocycles. The molecular formula is C23H21ClFN5O3. The van der Waals surface area contributed by atoms with Gasteiger partial charge in [0.15, 0.2) is 5.65 Å². The van der Waals surface area contributed by atoms with Crippen LogP contribution in [0.15, 0.2) is 54.7 Å². The van der Waals surface area contributed by atoms with Crippen LogP contribution < -0.4 is 15.8 Å². The number of methoxy groups -OCH3 is 1. The number of aliphatic hydroxyl groups is 1. The molecule has 4 N–H and O–H groups in total. The Hall–Kier alpha value is -3.69. The largest absolute Gasteiger partial charge is 0.496 e. The van der Waals surface area contributed by atoms with Gasteiger partial charge in [-0.3, -0.25) is 4.79 Å². The van der Waals surface area contributed by atoms with Crippen LogP contribution in [-0.2, 0) is 0 Å². The molecule has 0 saturated carbocycles. The molecule has 0 aliphatic carbocycles. The number of amides is 1. The minimum Gasteiger partial charge on any atom is -0.496 e. The number of hydrogen-bond donors (Lipinski definition) is 3. The molecule has 2 aromatic carbocycles. The molecule has 1 amide bonds. The molecule has 33 heavy (non-hydrogen) atoms. The highest BCUT2D eigenvalue weighted by Gasteiger charge is 2.22. The topological polar surface area (TPSA) is 115 Å². The number of carbonyl (C=O) groups excluding carboxylic acids is 1. The number of carbonyl (C=O) groups is 1. The Labute approximate surface area is 193 Å². The number of ether oxygens (including phenoxy) is 1. The second-order valence-corrected chi connectivity index (χ2v) is 7.74. The first-order valence-corrected chi connectivity index (χ1v) is 10.5. The van der Waals surface area contributed by atoms with Crippen molar-refractivity contribution in [3.63, 3.8) is 0 Å². The third-order valence-electron chi connectivity index (χ3n) is 5.17. The van der Waals surface area contributed by atoms with Gasteiger partial charge in [-0.1, -0.05) is 23.7 Å². The van der Waals surface area contributed by atoms with Gasteiger partial charge in [-0.25, -0.2) is 8.91 Å². The molecule has 0 spiro atoms. The third-order valence-corrected chi connectivity index (χ3v) is 5.43. The van der Waals surface area contributed by atoms with E-state index in [0.717, 1.165) is 0 Å². The SMILES string of the molecule is COc1ccc(-c2ccn3nc(N)nc3c2)c(F)c1C(=O)NCC[C@@H](O)c1ccc(Cl)cc1. The monoisotopic (exact) mass is 469 g/mol. The van der Waals surface area contributed by atoms with Crippen molar-refractivity contribution in [1.82, 2.24) is 19.9 Å². The van der Waals surface area contributed by atoms with Crippen molar-refractivity contribution in [3.05, 3.63) is 76.7 Å². The van der Waals surface area contributed by atoms with Gasteiger partial charge in [-0.05, 0) is 53.9 Å². The highest BCUT2D eigenvalue weighted by molar-refractivity contribution is 6.30. The number of nitrogens with two attached hydrogens (primary N) is 1. The minimum absolute atomic E-state index is 0.0970. The van der Waals surface area contributed by atoms with Gasteiger partial charge in [-0.2, -0.15) is 4.98 Å². The number of nitrogen functional groups attached to an aromatic ring is 1. The number of hydrogen-bond acceptors (Lipinski definition) is 6. The number of nitrogens with zero attached hydrogens (tertiary/aromatic N) is 3. The van der Waals surface area contributed by atoms with Gasteiger partial charge in [0.2, 0.25) is 5.95 Å². The van der Waals surface area contributed by atoms with E-state index in [1.54, 1.807) is 42.6 Å². The first kappa shape index (κ1) is 22.5. The Morgan fingerprint density at radius 1 is 1.27 bits per heavy atom. The number of nitrogens with one attached hydrogen (secondary N) is 1. The standard InChI is InChI=1S/C23H21ClFN5O3/c1-33-18-7-6-16(14-9-11-30-19(12-14)28-23(26)29-30)21(25)20(18)22(32)27-10-8-17(31)13-2-4-15(24)5-3-13/h2-7,9,11-12,17,31H,8,10H2,1H3,(H2,26,29)(H,27,32)/t17-/m1/s1. The average molecular weight is 470 g/mol. The fourth-order valence-electron chi connectivity index (χ4n) is 3.49. The second kappa shape index (κ2) is 9.43. The predicted octanol–water partition coefficient (Wildman–Crippen LogP) is 3.63. The molecule has 0 bridgehead atoms. The Bertz CT molecular complexity index is 1310. The first-order chi connectivity index (χ1) is 15.9. The van der Waals surface area contributed by atoms with Crippen molar-refractivity contribution in [2.24, 2.45) is 0 Å². The highest BCUT2D eigenvalue weighted by Crippen LogP contribution is 2.31. The summed E-state index contributed by atoms with van der Waals surface area (Å²) in [7, 11) is 1.36. The molecule has 2 aromatic heterocycles. The number of fused-ring (bicyclic) bond motifs is 1. The van der Waals surface area contributed by atoms with E-state index in [9.17, 15) is 9.90 Å². The van der Waals surface area contributed by atoms with E-state index in [1.807, 2.05) is 0 Å². The second-order valence-electron chi connectivity index (χ2n) is 7.30. The van der Waals surface area contributed by atoms with Crippen molar-refractivity contribution >= 4 is 29.1 Å². The van der Waals surface area contributed by atoms with Crippen LogP contribution in [0.3, 0.4) is 0 Å². The summed E-state index contributed by atoms with van der Waals surface area (Å²) in [5.74, 6) is -1.19. The van der Waals surface area contributed by atoms with Crippen molar-refractivity contribution in [1.29, 1.82) is 0 Å². The molecule has 2 heterocycles. The number of benzene rings is 2. The lowest BCUT2D eigenvalue weighted by atomic mass is 10.0. The number of rotatable bonds is 7. The normalized spacial score (nSPS) is 12.0. The summed E-state index contributed by atoms with van der Waals surface area (Å²) in [5, 5.41) is 17.5. The van der Waals surface area contributed by atoms with E-state index in [4.69, 9.17) is 22.1 Å². The molecular weight excluding hydrogens is 449 g/mol. The summed E-state index contributed by atoms with van der Waals surface area (Å²) in [4.78, 5) is 16.9. The molecule has 0 aliphatic rings. The minimum atomic E-state index is -0.803. The summed E-state index contributed by atoms with van der Waals surface area (Å²) in [6.07, 6.45) is 1.04. The number of halogens is 2. The zero-order valence-corrected chi connectivity index (χ0v) is 18.4. The maximum atomic E-state index is 15.5. The van der Waals surface area contributed by atoms with Gasteiger partial charge in [0.1, 0.15) is 17.1 Å². The lowest BCUT2D eigenvalue weighted by Gasteiger charge is -2.15. The maximum Gasteiger partial charge on any atom is 0.258 e. The van der Waals surface area contributed by atoms with E-state index in [-0.39, 0.29) is 35.8 Å². The molecule has 0 unspecified atom stereocenters. The molecule has 8 nitrogen and oxygen atoms in total. The fourth-order valence-corrected chi connectivity index (χ4v) is 3.62. The highest BCUT2D eigenvalue weighted by atomic mass is 35.5. The molecule has 0 fully saturated rings. The Kier molecular flexibility index (Phi) is 6.43. The van der Waals surface area contributed by atoms with Gasteiger partial charge in [0.25, 0.3) is 5.91 Å². The van der Waals surface area contributed by atoms with E-state index in [1.165, 1.54) is 23.8 Å². The quantitative estimate of drug-likeness (QED) is 0.380. The molecule has 0 radical (unpaired) electrons. The van der Waals surface area contributed by atoms with Gasteiger partial charge in [0, 0.05) is 23.3 Å². The van der Waals surface area contributed by atoms with E-state index >= 15 is 4.39 Å². The molecule has 170 valence electrons. The number of aromatic nitrogens is 3. The van der Waals surface area contributed by atoms with Gasteiger partial charge in [0.05, 0.1) is 13.2 Å². The van der Waals surface area contributed by atoms with E-state index < -0.39 is 17.8 Å². The van der Waals surface area contributed by atoms with Crippen molar-refractivity contribution in [2.75, 3.05) is 19.4 Å². The zero-order chi connectivity index (χ0) is 23.5. The van der Waals surface area contributed by atoms with Gasteiger partial charge >= 0.3 is 0 Å². The smallest absolute Gasteiger partial charge is 0.258 e. The molecule has 1 atom stereocenters. The van der Waals surface area contributed by atoms with Crippen LogP contribution in [0.2, 0.25) is 5.02 Å². The third kappa shape index (κ3) is 4.74. The Balaban J connectivity index is 1.54. The zero-order valence-electron chi connectivity index (χ0n) is 17.6. The van der Waals surface area contributed by atoms with Crippen LogP contribution in [0.25, 0.3) is 16.8 Å². The molecule has 10 heteroatoms. The summed E-state index contributed by atoms with van der Waals surface area (Å²) >= 11 is 5.86. The lowest BCUT2D eigenvalue weighted by molar-refractivity contribution is 0.0935. The average Bonchev–Trinajstić information content (AvgIpc) is 3.18. The first-order valence-electron chi connectivity index (χ1n) is 10.1. The Morgan fingerprint density at radius 3 is 2.76 bits per heavy atom. The summed E-state index contributed by atoms with van der Waals surface area (Å²) in [5.41, 5.74) is 7.21. The predicted molar refractivity (Wildman–Crippen MR) is 123 cm³/mol. The van der Waals surface area contributed by atoms with Crippen LogP contribution in [0.1, 0.15) is 28.4 Å². The van der Waals surface area contributed by atoms with Crippen molar-refractivity contribution in [3.8, 4) is 16.9 Å². The summed E-state index contributed by atoms with van der Waals surface area (Å²) < 4.78 is 22.2.